The van der Waals surface area contributed by atoms with Crippen LogP contribution in [-0.4, -0.2) is 27.7 Å². The Morgan fingerprint density at radius 1 is 1.80 bits per heavy atom. The van der Waals surface area contributed by atoms with E-state index in [1.807, 2.05) is 0 Å². The topological polar surface area (TPSA) is 57.5 Å². The summed E-state index contributed by atoms with van der Waals surface area (Å²) in [5.74, 6) is -0.567. The maximum Gasteiger partial charge on any atom is 0.188 e. The molecule has 0 saturated heterocycles. The van der Waals surface area contributed by atoms with Gasteiger partial charge in [-0.25, -0.2) is 0 Å². The van der Waals surface area contributed by atoms with Gasteiger partial charge in [0.25, 0.3) is 0 Å². The van der Waals surface area contributed by atoms with Crippen LogP contribution in [0.25, 0.3) is 0 Å². The number of aliphatic hydroxyl groups excluding tert-OH is 1. The van der Waals surface area contributed by atoms with Crippen molar-refractivity contribution in [2.24, 2.45) is 0 Å². The van der Waals surface area contributed by atoms with Gasteiger partial charge in [0.15, 0.2) is 5.78 Å². The van der Waals surface area contributed by atoms with Crippen LogP contribution in [-0.2, 0) is 4.79 Å². The minimum Gasteiger partial charge on any atom is -0.390 e. The zero-order valence-electron chi connectivity index (χ0n) is 6.16. The van der Waals surface area contributed by atoms with Crippen LogP contribution >= 0.6 is 0 Å². The third-order valence-corrected chi connectivity index (χ3v) is 1.50. The lowest BCUT2D eigenvalue weighted by Gasteiger charge is -2.22. The monoisotopic (exact) mass is 144 g/mol. The van der Waals surface area contributed by atoms with Crippen LogP contribution in [0.2, 0.25) is 0 Å². The molecule has 0 aromatic carbocycles. The Morgan fingerprint density at radius 3 is 2.30 bits per heavy atom. The molecule has 0 fully saturated rings. The van der Waals surface area contributed by atoms with Crippen molar-refractivity contribution >= 4 is 5.78 Å². The van der Waals surface area contributed by atoms with Crippen molar-refractivity contribution in [3.63, 3.8) is 0 Å². The average Bonchev–Trinajstić information content (AvgIpc) is 1.86. The molecule has 0 rings (SSSR count). The van der Waals surface area contributed by atoms with E-state index < -0.39 is 17.5 Å². The molecule has 0 radical (unpaired) electrons. The van der Waals surface area contributed by atoms with Gasteiger partial charge in [-0.3, -0.25) is 4.79 Å². The fraction of sp³-hybridized carbons (Fsp3) is 0.571. The standard InChI is InChI=1S/C7H12O3/c1-4-6(9)7(3,10)5(2)8/h4-5,8,10H,1H2,2-3H3. The molecule has 0 aromatic heterocycles. The maximum absolute atomic E-state index is 10.7. The molecule has 0 amide bonds. The summed E-state index contributed by atoms with van der Waals surface area (Å²) in [6.07, 6.45) is -0.0785. The summed E-state index contributed by atoms with van der Waals surface area (Å²) < 4.78 is 0. The third kappa shape index (κ3) is 1.65. The second-order valence-corrected chi connectivity index (χ2v) is 2.39. The Labute approximate surface area is 60.0 Å². The van der Waals surface area contributed by atoms with Crippen molar-refractivity contribution in [3.8, 4) is 0 Å². The van der Waals surface area contributed by atoms with Crippen molar-refractivity contribution < 1.29 is 15.0 Å². The minimum absolute atomic E-state index is 0.567. The molecule has 58 valence electrons. The normalized spacial score (nSPS) is 19.2. The number of hydrogen-bond donors (Lipinski definition) is 2. The van der Waals surface area contributed by atoms with E-state index in [2.05, 4.69) is 6.58 Å². The molecular formula is C7H12O3. The van der Waals surface area contributed by atoms with Crippen molar-refractivity contribution in [1.82, 2.24) is 0 Å². The quantitative estimate of drug-likeness (QED) is 0.542. The molecule has 2 atom stereocenters. The van der Waals surface area contributed by atoms with Gasteiger partial charge < -0.3 is 10.2 Å². The van der Waals surface area contributed by atoms with Gasteiger partial charge in [-0.1, -0.05) is 6.58 Å². The summed E-state index contributed by atoms with van der Waals surface area (Å²) in [6.45, 7) is 5.79. The predicted octanol–water partition coefficient (Wildman–Crippen LogP) is -0.127. The van der Waals surface area contributed by atoms with Gasteiger partial charge in [0.1, 0.15) is 5.60 Å². The SMILES string of the molecule is C=CC(=O)C(C)(O)C(C)O. The van der Waals surface area contributed by atoms with Crippen molar-refractivity contribution in [2.75, 3.05) is 0 Å². The molecule has 0 aromatic rings. The highest BCUT2D eigenvalue weighted by Crippen LogP contribution is 2.10. The Kier molecular flexibility index (Phi) is 2.75. The minimum atomic E-state index is -1.69. The smallest absolute Gasteiger partial charge is 0.188 e. The van der Waals surface area contributed by atoms with E-state index >= 15 is 0 Å². The van der Waals surface area contributed by atoms with Gasteiger partial charge in [-0.2, -0.15) is 0 Å². The van der Waals surface area contributed by atoms with Crippen LogP contribution < -0.4 is 0 Å². The highest BCUT2D eigenvalue weighted by Gasteiger charge is 2.32. The number of rotatable bonds is 3. The van der Waals surface area contributed by atoms with Gasteiger partial charge in [0.2, 0.25) is 0 Å². The zero-order valence-corrected chi connectivity index (χ0v) is 6.16. The van der Waals surface area contributed by atoms with E-state index in [1.54, 1.807) is 0 Å². The van der Waals surface area contributed by atoms with E-state index in [9.17, 15) is 9.90 Å². The van der Waals surface area contributed by atoms with Crippen molar-refractivity contribution in [1.29, 1.82) is 0 Å². The first kappa shape index (κ1) is 9.33. The summed E-state index contributed by atoms with van der Waals surface area (Å²) in [5.41, 5.74) is -1.69. The van der Waals surface area contributed by atoms with Crippen molar-refractivity contribution in [3.05, 3.63) is 12.7 Å². The molecule has 0 aliphatic heterocycles. The van der Waals surface area contributed by atoms with Crippen LogP contribution in [0.1, 0.15) is 13.8 Å². The molecule has 0 spiro atoms. The van der Waals surface area contributed by atoms with E-state index in [-0.39, 0.29) is 0 Å². The number of ketones is 1. The first-order valence-electron chi connectivity index (χ1n) is 3.00. The molecule has 3 heteroatoms. The highest BCUT2D eigenvalue weighted by molar-refractivity contribution is 5.96. The van der Waals surface area contributed by atoms with E-state index in [4.69, 9.17) is 5.11 Å². The second-order valence-electron chi connectivity index (χ2n) is 2.39. The third-order valence-electron chi connectivity index (χ3n) is 1.50. The van der Waals surface area contributed by atoms with Crippen molar-refractivity contribution in [2.45, 2.75) is 25.6 Å². The summed E-state index contributed by atoms with van der Waals surface area (Å²) >= 11 is 0. The molecule has 0 bridgehead atoms. The summed E-state index contributed by atoms with van der Waals surface area (Å²) in [5, 5.41) is 18.1. The summed E-state index contributed by atoms with van der Waals surface area (Å²) in [6, 6.07) is 0. The Hall–Kier alpha value is -0.670. The average molecular weight is 144 g/mol. The lowest BCUT2D eigenvalue weighted by molar-refractivity contribution is -0.140. The molecule has 0 heterocycles. The van der Waals surface area contributed by atoms with Gasteiger partial charge in [-0.15, -0.1) is 0 Å². The summed E-state index contributed by atoms with van der Waals surface area (Å²) in [7, 11) is 0. The Bertz CT molecular complexity index is 147. The van der Waals surface area contributed by atoms with E-state index in [0.29, 0.717) is 0 Å². The van der Waals surface area contributed by atoms with Gasteiger partial charge >= 0.3 is 0 Å². The number of carbonyl (C=O) groups is 1. The first-order chi connectivity index (χ1) is 4.42. The maximum atomic E-state index is 10.7. The summed E-state index contributed by atoms with van der Waals surface area (Å²) in [4.78, 5) is 10.7. The molecule has 2 unspecified atom stereocenters. The fourth-order valence-electron chi connectivity index (χ4n) is 0.413. The Balaban J connectivity index is 4.39. The predicted molar refractivity (Wildman–Crippen MR) is 37.5 cm³/mol. The Morgan fingerprint density at radius 2 is 2.20 bits per heavy atom. The molecule has 0 aliphatic carbocycles. The fourth-order valence-corrected chi connectivity index (χ4v) is 0.413. The number of aliphatic hydroxyl groups is 2. The van der Waals surface area contributed by atoms with Crippen LogP contribution in [0.5, 0.6) is 0 Å². The van der Waals surface area contributed by atoms with Crippen LogP contribution in [0.3, 0.4) is 0 Å². The lowest BCUT2D eigenvalue weighted by Crippen LogP contribution is -2.44. The molecule has 10 heavy (non-hydrogen) atoms. The number of hydrogen-bond acceptors (Lipinski definition) is 3. The van der Waals surface area contributed by atoms with Crippen LogP contribution in [0, 0.1) is 0 Å². The molecule has 2 N–H and O–H groups in total. The lowest BCUT2D eigenvalue weighted by atomic mass is 9.95. The van der Waals surface area contributed by atoms with Crippen LogP contribution in [0.15, 0.2) is 12.7 Å². The van der Waals surface area contributed by atoms with Gasteiger partial charge in [0.05, 0.1) is 6.10 Å². The van der Waals surface area contributed by atoms with Gasteiger partial charge in [-0.05, 0) is 19.9 Å². The van der Waals surface area contributed by atoms with Gasteiger partial charge in [0, 0.05) is 0 Å². The largest absolute Gasteiger partial charge is 0.390 e. The molecular weight excluding hydrogens is 132 g/mol. The molecule has 0 saturated carbocycles. The number of carbonyl (C=O) groups excluding carboxylic acids is 1. The van der Waals surface area contributed by atoms with Crippen LogP contribution in [0.4, 0.5) is 0 Å². The zero-order chi connectivity index (χ0) is 8.36. The van der Waals surface area contributed by atoms with E-state index in [1.165, 1.54) is 13.8 Å². The molecule has 3 nitrogen and oxygen atoms in total. The van der Waals surface area contributed by atoms with E-state index in [0.717, 1.165) is 6.08 Å². The second kappa shape index (κ2) is 2.94. The first-order valence-corrected chi connectivity index (χ1v) is 3.00. The molecule has 0 aliphatic rings. The highest BCUT2D eigenvalue weighted by atomic mass is 16.3.